The largest absolute Gasteiger partial charge is 0.353 e. The number of hydrogen-bond donors (Lipinski definition) is 2. The fourth-order valence-electron chi connectivity index (χ4n) is 3.52. The number of quaternary nitrogens is 1. The van der Waals surface area contributed by atoms with Crippen molar-refractivity contribution in [1.29, 1.82) is 0 Å². The average molecular weight is 466 g/mol. The molecule has 2 aromatic carbocycles. The van der Waals surface area contributed by atoms with Crippen molar-refractivity contribution in [2.75, 3.05) is 18.8 Å². The number of rotatable bonds is 7. The van der Waals surface area contributed by atoms with Crippen molar-refractivity contribution in [3.05, 3.63) is 64.6 Å². The van der Waals surface area contributed by atoms with Gasteiger partial charge in [-0.3, -0.25) is 4.79 Å². The lowest BCUT2D eigenvalue weighted by Crippen LogP contribution is -3.12. The van der Waals surface area contributed by atoms with E-state index in [1.807, 2.05) is 6.07 Å². The van der Waals surface area contributed by atoms with Gasteiger partial charge in [-0.15, -0.1) is 0 Å². The van der Waals surface area contributed by atoms with Crippen LogP contribution >= 0.6 is 15.9 Å². The van der Waals surface area contributed by atoms with E-state index in [1.54, 1.807) is 24.3 Å². The van der Waals surface area contributed by atoms with Gasteiger partial charge in [-0.25, -0.2) is 8.42 Å². The molecule has 1 aliphatic heterocycles. The van der Waals surface area contributed by atoms with Crippen molar-refractivity contribution < 1.29 is 18.1 Å². The molecule has 2 N–H and O–H groups in total. The molecule has 28 heavy (non-hydrogen) atoms. The lowest BCUT2D eigenvalue weighted by Gasteiger charge is -2.29. The Morgan fingerprint density at radius 1 is 1.04 bits per heavy atom. The van der Waals surface area contributed by atoms with Gasteiger partial charge < -0.3 is 10.2 Å². The number of carbonyl (C=O) groups excluding carboxylic acids is 1. The Balaban J connectivity index is 1.41. The maximum absolute atomic E-state index is 12.4. The van der Waals surface area contributed by atoms with Crippen molar-refractivity contribution in [2.24, 2.45) is 0 Å². The lowest BCUT2D eigenvalue weighted by atomic mass is 10.0. The molecule has 2 aromatic rings. The van der Waals surface area contributed by atoms with Crippen LogP contribution in [0.15, 0.2) is 64.0 Å². The van der Waals surface area contributed by atoms with E-state index in [0.717, 1.165) is 36.9 Å². The van der Waals surface area contributed by atoms with Crippen LogP contribution in [0.25, 0.3) is 0 Å². The van der Waals surface area contributed by atoms with E-state index in [4.69, 9.17) is 0 Å². The second-order valence-electron chi connectivity index (χ2n) is 7.28. The Labute approximate surface area is 175 Å². The molecule has 0 atom stereocenters. The molecule has 3 rings (SSSR count). The zero-order chi connectivity index (χ0) is 20.0. The third kappa shape index (κ3) is 6.15. The van der Waals surface area contributed by atoms with Gasteiger partial charge in [0.2, 0.25) is 5.91 Å². The summed E-state index contributed by atoms with van der Waals surface area (Å²) in [6, 6.07) is 17.1. The molecule has 0 spiro atoms. The van der Waals surface area contributed by atoms with Crippen LogP contribution in [-0.4, -0.2) is 39.2 Å². The molecule has 0 saturated carbocycles. The summed E-state index contributed by atoms with van der Waals surface area (Å²) in [5.41, 5.74) is 1.33. The number of sulfone groups is 1. The topological polar surface area (TPSA) is 67.7 Å². The van der Waals surface area contributed by atoms with Gasteiger partial charge in [0, 0.05) is 35.3 Å². The number of nitrogens with one attached hydrogen (secondary N) is 2. The maximum atomic E-state index is 12.4. The van der Waals surface area contributed by atoms with Crippen LogP contribution in [-0.2, 0) is 21.2 Å². The second kappa shape index (κ2) is 9.67. The Kier molecular flexibility index (Phi) is 7.26. The lowest BCUT2D eigenvalue weighted by molar-refractivity contribution is -0.918. The van der Waals surface area contributed by atoms with Crippen LogP contribution in [0.4, 0.5) is 0 Å². The van der Waals surface area contributed by atoms with E-state index in [1.165, 1.54) is 10.5 Å². The summed E-state index contributed by atoms with van der Waals surface area (Å²) in [5.74, 6) is -0.351. The molecule has 1 heterocycles. The fraction of sp³-hybridized carbons (Fsp3) is 0.381. The van der Waals surface area contributed by atoms with Crippen LogP contribution in [0.2, 0.25) is 0 Å². The molecule has 1 saturated heterocycles. The van der Waals surface area contributed by atoms with Crippen molar-refractivity contribution in [1.82, 2.24) is 5.32 Å². The predicted octanol–water partition coefficient (Wildman–Crippen LogP) is 1.98. The fourth-order valence-corrected chi connectivity index (χ4v) is 5.02. The molecule has 0 radical (unpaired) electrons. The molecule has 1 aliphatic rings. The Bertz CT molecular complexity index is 878. The summed E-state index contributed by atoms with van der Waals surface area (Å²) in [4.78, 5) is 14.0. The van der Waals surface area contributed by atoms with Gasteiger partial charge in [0.1, 0.15) is 6.54 Å². The van der Waals surface area contributed by atoms with E-state index < -0.39 is 9.84 Å². The molecule has 0 aromatic heterocycles. The first-order valence-electron chi connectivity index (χ1n) is 9.57. The normalized spacial score (nSPS) is 19.9. The molecular weight excluding hydrogens is 440 g/mol. The van der Waals surface area contributed by atoms with Gasteiger partial charge in [0.25, 0.3) is 0 Å². The number of likely N-dealkylation sites (tertiary alicyclic amines) is 1. The van der Waals surface area contributed by atoms with Crippen molar-refractivity contribution in [3.8, 4) is 0 Å². The van der Waals surface area contributed by atoms with Gasteiger partial charge in [0.05, 0.1) is 23.7 Å². The maximum Gasteiger partial charge on any atom is 0.221 e. The molecule has 1 fully saturated rings. The molecule has 0 aliphatic carbocycles. The van der Waals surface area contributed by atoms with E-state index in [0.29, 0.717) is 0 Å². The number of benzene rings is 2. The highest BCUT2D eigenvalue weighted by molar-refractivity contribution is 9.10. The van der Waals surface area contributed by atoms with E-state index in [9.17, 15) is 13.2 Å². The van der Waals surface area contributed by atoms with Gasteiger partial charge in [-0.2, -0.15) is 0 Å². The van der Waals surface area contributed by atoms with Gasteiger partial charge in [-0.1, -0.05) is 46.3 Å². The second-order valence-corrected chi connectivity index (χ2v) is 10.3. The SMILES string of the molecule is O=C(CCS(=O)(=O)c1ccc(Br)cc1)NC1CC[NH+](Cc2ccccc2)CC1. The standard InChI is InChI=1S/C21H25BrN2O3S/c22-18-6-8-20(9-7-18)28(26,27)15-12-21(25)23-19-10-13-24(14-11-19)16-17-4-2-1-3-5-17/h1-9,19H,10-16H2,(H,23,25)/p+1. The van der Waals surface area contributed by atoms with E-state index in [-0.39, 0.29) is 29.0 Å². The van der Waals surface area contributed by atoms with Gasteiger partial charge >= 0.3 is 0 Å². The molecule has 0 bridgehead atoms. The number of amides is 1. The van der Waals surface area contributed by atoms with Crippen LogP contribution < -0.4 is 10.2 Å². The number of hydrogen-bond acceptors (Lipinski definition) is 3. The van der Waals surface area contributed by atoms with Crippen molar-refractivity contribution in [2.45, 2.75) is 36.7 Å². The minimum atomic E-state index is -3.44. The minimum Gasteiger partial charge on any atom is -0.353 e. The summed E-state index contributed by atoms with van der Waals surface area (Å²) in [6.07, 6.45) is 1.84. The molecular formula is C21H26BrN2O3S+. The summed E-state index contributed by atoms with van der Waals surface area (Å²) in [5, 5.41) is 3.01. The third-order valence-electron chi connectivity index (χ3n) is 5.13. The quantitative estimate of drug-likeness (QED) is 0.656. The third-order valence-corrected chi connectivity index (χ3v) is 7.39. The first-order valence-corrected chi connectivity index (χ1v) is 12.0. The molecule has 5 nitrogen and oxygen atoms in total. The first-order chi connectivity index (χ1) is 13.4. The van der Waals surface area contributed by atoms with E-state index >= 15 is 0 Å². The monoisotopic (exact) mass is 465 g/mol. The average Bonchev–Trinajstić information content (AvgIpc) is 2.69. The van der Waals surface area contributed by atoms with E-state index in [2.05, 4.69) is 45.5 Å². The van der Waals surface area contributed by atoms with Crippen LogP contribution in [0, 0.1) is 0 Å². The van der Waals surface area contributed by atoms with Crippen molar-refractivity contribution >= 4 is 31.7 Å². The zero-order valence-corrected chi connectivity index (χ0v) is 18.1. The summed E-state index contributed by atoms with van der Waals surface area (Å²) in [7, 11) is -3.44. The Morgan fingerprint density at radius 2 is 1.68 bits per heavy atom. The highest BCUT2D eigenvalue weighted by Crippen LogP contribution is 2.16. The number of piperidine rings is 1. The highest BCUT2D eigenvalue weighted by atomic mass is 79.9. The molecule has 0 unspecified atom stereocenters. The molecule has 150 valence electrons. The Morgan fingerprint density at radius 3 is 2.32 bits per heavy atom. The number of halogens is 1. The van der Waals surface area contributed by atoms with Gasteiger partial charge in [-0.05, 0) is 24.3 Å². The summed E-state index contributed by atoms with van der Waals surface area (Å²) >= 11 is 3.29. The first kappa shape index (κ1) is 21.0. The van der Waals surface area contributed by atoms with Gasteiger partial charge in [0.15, 0.2) is 9.84 Å². The van der Waals surface area contributed by atoms with Crippen LogP contribution in [0.3, 0.4) is 0 Å². The summed E-state index contributed by atoms with van der Waals surface area (Å²) in [6.45, 7) is 3.03. The summed E-state index contributed by atoms with van der Waals surface area (Å²) < 4.78 is 25.5. The minimum absolute atomic E-state index is 0.00448. The zero-order valence-electron chi connectivity index (χ0n) is 15.7. The highest BCUT2D eigenvalue weighted by Gasteiger charge is 2.24. The van der Waals surface area contributed by atoms with Crippen LogP contribution in [0.5, 0.6) is 0 Å². The van der Waals surface area contributed by atoms with Crippen molar-refractivity contribution in [3.63, 3.8) is 0 Å². The predicted molar refractivity (Wildman–Crippen MR) is 113 cm³/mol. The number of carbonyl (C=O) groups is 1. The molecule has 7 heteroatoms. The Hall–Kier alpha value is -1.70. The molecule has 1 amide bonds. The van der Waals surface area contributed by atoms with Crippen LogP contribution in [0.1, 0.15) is 24.8 Å². The smallest absolute Gasteiger partial charge is 0.221 e.